The second-order valence-electron chi connectivity index (χ2n) is 5.55. The van der Waals surface area contributed by atoms with Crippen molar-refractivity contribution in [3.05, 3.63) is 48.2 Å². The number of sulfone groups is 1. The average Bonchev–Trinajstić information content (AvgIpc) is 2.94. The van der Waals surface area contributed by atoms with Crippen LogP contribution in [-0.2, 0) is 21.6 Å². The number of hydrogen-bond acceptors (Lipinski definition) is 6. The van der Waals surface area contributed by atoms with Crippen molar-refractivity contribution in [3.8, 4) is 11.5 Å². The molecule has 0 fully saturated rings. The van der Waals surface area contributed by atoms with Crippen molar-refractivity contribution in [2.75, 3.05) is 13.4 Å². The SMILES string of the molecule is COC(=O)c1cc(Oc2ccc(S(C)(=O)=O)cc2)c2cn(C)nc2c1. The molecular formula is C17H16N2O5S. The summed E-state index contributed by atoms with van der Waals surface area (Å²) >= 11 is 0. The number of esters is 1. The van der Waals surface area contributed by atoms with E-state index in [-0.39, 0.29) is 4.90 Å². The van der Waals surface area contributed by atoms with Gasteiger partial charge in [0.2, 0.25) is 0 Å². The number of aryl methyl sites for hydroxylation is 1. The van der Waals surface area contributed by atoms with E-state index in [1.54, 1.807) is 42.2 Å². The molecule has 8 heteroatoms. The molecule has 0 unspecified atom stereocenters. The van der Waals surface area contributed by atoms with Crippen LogP contribution in [0, 0.1) is 0 Å². The Labute approximate surface area is 144 Å². The molecule has 0 N–H and O–H groups in total. The molecule has 3 rings (SSSR count). The van der Waals surface area contributed by atoms with Gasteiger partial charge in [0.1, 0.15) is 11.5 Å². The summed E-state index contributed by atoms with van der Waals surface area (Å²) in [7, 11) is -0.208. The van der Waals surface area contributed by atoms with Crippen LogP contribution in [0.2, 0.25) is 0 Å². The molecule has 1 heterocycles. The molecule has 0 aliphatic heterocycles. The molecule has 0 saturated carbocycles. The molecule has 0 saturated heterocycles. The lowest BCUT2D eigenvalue weighted by atomic mass is 10.1. The summed E-state index contributed by atoms with van der Waals surface area (Å²) in [6.07, 6.45) is 2.92. The molecule has 0 aliphatic rings. The second kappa shape index (κ2) is 6.21. The first kappa shape index (κ1) is 17.0. The highest BCUT2D eigenvalue weighted by atomic mass is 32.2. The number of benzene rings is 2. The normalized spacial score (nSPS) is 11.5. The fourth-order valence-corrected chi connectivity index (χ4v) is 3.04. The number of fused-ring (bicyclic) bond motifs is 1. The van der Waals surface area contributed by atoms with Crippen LogP contribution < -0.4 is 4.74 Å². The average molecular weight is 360 g/mol. The summed E-state index contributed by atoms with van der Waals surface area (Å²) in [5, 5.41) is 5.01. The maximum atomic E-state index is 11.8. The summed E-state index contributed by atoms with van der Waals surface area (Å²) in [4.78, 5) is 12.0. The molecule has 7 nitrogen and oxygen atoms in total. The highest BCUT2D eigenvalue weighted by Gasteiger charge is 2.15. The molecule has 130 valence electrons. The summed E-state index contributed by atoms with van der Waals surface area (Å²) < 4.78 is 35.3. The van der Waals surface area contributed by atoms with Gasteiger partial charge in [0, 0.05) is 19.5 Å². The van der Waals surface area contributed by atoms with E-state index in [2.05, 4.69) is 5.10 Å². The minimum atomic E-state index is -3.28. The van der Waals surface area contributed by atoms with E-state index in [9.17, 15) is 13.2 Å². The lowest BCUT2D eigenvalue weighted by Crippen LogP contribution is -2.01. The largest absolute Gasteiger partial charge is 0.465 e. The molecule has 0 radical (unpaired) electrons. The molecule has 0 bridgehead atoms. The van der Waals surface area contributed by atoms with Gasteiger partial charge in [-0.05, 0) is 36.4 Å². The Bertz CT molecular complexity index is 1050. The van der Waals surface area contributed by atoms with Gasteiger partial charge >= 0.3 is 5.97 Å². The van der Waals surface area contributed by atoms with E-state index < -0.39 is 15.8 Å². The molecule has 0 amide bonds. The second-order valence-corrected chi connectivity index (χ2v) is 7.56. The summed E-state index contributed by atoms with van der Waals surface area (Å²) in [5.41, 5.74) is 0.907. The van der Waals surface area contributed by atoms with Crippen LogP contribution in [0.3, 0.4) is 0 Å². The zero-order valence-corrected chi connectivity index (χ0v) is 14.7. The molecule has 25 heavy (non-hydrogen) atoms. The minimum absolute atomic E-state index is 0.203. The van der Waals surface area contributed by atoms with Crippen molar-refractivity contribution in [1.82, 2.24) is 9.78 Å². The number of nitrogens with zero attached hydrogens (tertiary/aromatic N) is 2. The third kappa shape index (κ3) is 3.48. The van der Waals surface area contributed by atoms with Gasteiger partial charge in [-0.2, -0.15) is 5.10 Å². The predicted molar refractivity (Wildman–Crippen MR) is 91.7 cm³/mol. The van der Waals surface area contributed by atoms with Crippen LogP contribution in [0.5, 0.6) is 11.5 Å². The Morgan fingerprint density at radius 3 is 2.44 bits per heavy atom. The molecule has 0 aliphatic carbocycles. The van der Waals surface area contributed by atoms with E-state index >= 15 is 0 Å². The number of carbonyl (C=O) groups is 1. The summed E-state index contributed by atoms with van der Waals surface area (Å²) in [6.45, 7) is 0. The standard InChI is InChI=1S/C17H16N2O5S/c1-19-10-14-15(18-19)8-11(17(20)23-2)9-16(14)24-12-4-6-13(7-5-12)25(3,21)22/h4-10H,1-3H3. The van der Waals surface area contributed by atoms with Crippen LogP contribution in [0.15, 0.2) is 47.5 Å². The van der Waals surface area contributed by atoms with Crippen molar-refractivity contribution >= 4 is 26.7 Å². The number of methoxy groups -OCH3 is 1. The quantitative estimate of drug-likeness (QED) is 0.665. The molecule has 0 spiro atoms. The van der Waals surface area contributed by atoms with Crippen LogP contribution in [0.25, 0.3) is 10.9 Å². The molecule has 3 aromatic rings. The van der Waals surface area contributed by atoms with Gasteiger partial charge in [0.25, 0.3) is 0 Å². The minimum Gasteiger partial charge on any atom is -0.465 e. The van der Waals surface area contributed by atoms with Crippen LogP contribution in [0.1, 0.15) is 10.4 Å². The fourth-order valence-electron chi connectivity index (χ4n) is 2.41. The van der Waals surface area contributed by atoms with Gasteiger partial charge in [-0.15, -0.1) is 0 Å². The van der Waals surface area contributed by atoms with Crippen molar-refractivity contribution < 1.29 is 22.7 Å². The number of hydrogen-bond donors (Lipinski definition) is 0. The Morgan fingerprint density at radius 2 is 1.84 bits per heavy atom. The molecule has 2 aromatic carbocycles. The fraction of sp³-hybridized carbons (Fsp3) is 0.176. The van der Waals surface area contributed by atoms with Crippen molar-refractivity contribution in [2.45, 2.75) is 4.90 Å². The van der Waals surface area contributed by atoms with E-state index in [4.69, 9.17) is 9.47 Å². The topological polar surface area (TPSA) is 87.5 Å². The maximum absolute atomic E-state index is 11.8. The van der Waals surface area contributed by atoms with Gasteiger partial charge in [0.05, 0.1) is 28.5 Å². The first-order valence-corrected chi connectivity index (χ1v) is 9.21. The molecule has 1 aromatic heterocycles. The van der Waals surface area contributed by atoms with Gasteiger partial charge in [-0.1, -0.05) is 0 Å². The third-order valence-corrected chi connectivity index (χ3v) is 4.73. The van der Waals surface area contributed by atoms with Gasteiger partial charge in [-0.25, -0.2) is 13.2 Å². The van der Waals surface area contributed by atoms with E-state index in [1.165, 1.54) is 19.2 Å². The zero-order chi connectivity index (χ0) is 18.2. The van der Waals surface area contributed by atoms with Gasteiger partial charge < -0.3 is 9.47 Å². The lowest BCUT2D eigenvalue weighted by Gasteiger charge is -2.09. The van der Waals surface area contributed by atoms with E-state index in [1.807, 2.05) is 0 Å². The predicted octanol–water partition coefficient (Wildman–Crippen LogP) is 2.56. The Hall–Kier alpha value is -2.87. The smallest absolute Gasteiger partial charge is 0.338 e. The molecular weight excluding hydrogens is 344 g/mol. The van der Waals surface area contributed by atoms with E-state index in [0.29, 0.717) is 22.6 Å². The first-order chi connectivity index (χ1) is 11.8. The Balaban J connectivity index is 2.04. The molecule has 0 atom stereocenters. The zero-order valence-electron chi connectivity index (χ0n) is 13.9. The van der Waals surface area contributed by atoms with Crippen molar-refractivity contribution in [1.29, 1.82) is 0 Å². The number of rotatable bonds is 4. The van der Waals surface area contributed by atoms with Gasteiger partial charge in [-0.3, -0.25) is 4.68 Å². The van der Waals surface area contributed by atoms with Crippen LogP contribution in [-0.4, -0.2) is 37.5 Å². The van der Waals surface area contributed by atoms with Crippen molar-refractivity contribution in [2.24, 2.45) is 7.05 Å². The number of aromatic nitrogens is 2. The number of ether oxygens (including phenoxy) is 2. The van der Waals surface area contributed by atoms with E-state index in [0.717, 1.165) is 11.6 Å². The van der Waals surface area contributed by atoms with Gasteiger partial charge in [0.15, 0.2) is 9.84 Å². The maximum Gasteiger partial charge on any atom is 0.338 e. The summed E-state index contributed by atoms with van der Waals surface area (Å²) in [5.74, 6) is 0.377. The lowest BCUT2D eigenvalue weighted by molar-refractivity contribution is 0.0600. The highest BCUT2D eigenvalue weighted by Crippen LogP contribution is 2.31. The van der Waals surface area contributed by atoms with Crippen LogP contribution in [0.4, 0.5) is 0 Å². The number of carbonyl (C=O) groups excluding carboxylic acids is 1. The third-order valence-electron chi connectivity index (χ3n) is 3.60. The highest BCUT2D eigenvalue weighted by molar-refractivity contribution is 7.90. The monoisotopic (exact) mass is 360 g/mol. The van der Waals surface area contributed by atoms with Crippen LogP contribution >= 0.6 is 0 Å². The summed E-state index contributed by atoms with van der Waals surface area (Å²) in [6, 6.07) is 9.25. The Kier molecular flexibility index (Phi) is 4.22. The van der Waals surface area contributed by atoms with Crippen molar-refractivity contribution in [3.63, 3.8) is 0 Å². The first-order valence-electron chi connectivity index (χ1n) is 7.31. The Morgan fingerprint density at radius 1 is 1.16 bits per heavy atom.